The van der Waals surface area contributed by atoms with Crippen molar-refractivity contribution in [1.82, 2.24) is 10.6 Å². The van der Waals surface area contributed by atoms with Crippen LogP contribution in [0.25, 0.3) is 0 Å². The molecule has 46 heavy (non-hydrogen) atoms. The van der Waals surface area contributed by atoms with E-state index in [0.717, 1.165) is 43.2 Å². The molecule has 10 heteroatoms. The first-order valence-corrected chi connectivity index (χ1v) is 16.7. The van der Waals surface area contributed by atoms with Crippen LogP contribution < -0.4 is 15.4 Å². The Morgan fingerprint density at radius 2 is 1.61 bits per heavy atom. The Hall–Kier alpha value is -3.02. The van der Waals surface area contributed by atoms with Gasteiger partial charge in [-0.1, -0.05) is 82.3 Å². The van der Waals surface area contributed by atoms with Crippen molar-refractivity contribution < 1.29 is 39.1 Å². The standard InChI is InChI=1S/C36H52N2O8/c1-23(2)31(36(43)38-32-26-14-8-7-13-25(26)22-29(32)39)34(41)33(40)28(21-24-11-5-4-6-12-24)37-35(42)27-15-9-10-16-30(27)46-20-19-45-18-17-44-3/h7-10,13-16,23-24,28-29,31-34,39-41H,4-6,11-12,17-22H2,1-3H3,(H,37,42)(H,38,43)/t28-,29+,31+,32?,33+,34+/m0/s1. The molecule has 6 atom stereocenters. The number of rotatable bonds is 17. The number of aliphatic hydroxyl groups excluding tert-OH is 3. The van der Waals surface area contributed by atoms with Crippen molar-refractivity contribution in [2.75, 3.05) is 33.5 Å². The van der Waals surface area contributed by atoms with Crippen LogP contribution in [-0.4, -0.2) is 85.0 Å². The van der Waals surface area contributed by atoms with Crippen molar-refractivity contribution in [3.63, 3.8) is 0 Å². The molecule has 1 saturated carbocycles. The first kappa shape index (κ1) is 35.8. The van der Waals surface area contributed by atoms with Crippen LogP contribution in [-0.2, 0) is 20.7 Å². The topological polar surface area (TPSA) is 147 Å². The SMILES string of the molecule is COCCOCCOc1ccccc1C(=O)N[C@@H](CC1CCCCC1)[C@@H](O)[C@H](O)[C@H](C(=O)NC1c2ccccc2C[C@H]1O)C(C)C. The van der Waals surface area contributed by atoms with Gasteiger partial charge in [-0.2, -0.15) is 0 Å². The minimum absolute atomic E-state index is 0.242. The highest BCUT2D eigenvalue weighted by molar-refractivity contribution is 5.97. The summed E-state index contributed by atoms with van der Waals surface area (Å²) in [5.74, 6) is -1.53. The van der Waals surface area contributed by atoms with Gasteiger partial charge in [0.2, 0.25) is 5.91 Å². The first-order chi connectivity index (χ1) is 22.2. The van der Waals surface area contributed by atoms with Gasteiger partial charge in [-0.15, -0.1) is 0 Å². The van der Waals surface area contributed by atoms with Gasteiger partial charge in [0.15, 0.2) is 0 Å². The average Bonchev–Trinajstić information content (AvgIpc) is 3.36. The summed E-state index contributed by atoms with van der Waals surface area (Å²) in [4.78, 5) is 27.4. The van der Waals surface area contributed by atoms with E-state index in [4.69, 9.17) is 14.2 Å². The highest BCUT2D eigenvalue weighted by Gasteiger charge is 2.41. The maximum absolute atomic E-state index is 13.7. The molecule has 1 unspecified atom stereocenters. The van der Waals surface area contributed by atoms with Crippen molar-refractivity contribution in [2.45, 2.75) is 89.2 Å². The van der Waals surface area contributed by atoms with E-state index in [-0.39, 0.29) is 18.4 Å². The number of fused-ring (bicyclic) bond motifs is 1. The third kappa shape index (κ3) is 9.51. The maximum atomic E-state index is 13.7. The van der Waals surface area contributed by atoms with E-state index < -0.39 is 48.1 Å². The zero-order chi connectivity index (χ0) is 33.1. The van der Waals surface area contributed by atoms with Crippen molar-refractivity contribution in [2.24, 2.45) is 17.8 Å². The molecule has 5 N–H and O–H groups in total. The lowest BCUT2D eigenvalue weighted by Gasteiger charge is -2.36. The smallest absolute Gasteiger partial charge is 0.255 e. The fourth-order valence-electron chi connectivity index (χ4n) is 6.85. The van der Waals surface area contributed by atoms with Crippen LogP contribution in [0.1, 0.15) is 79.9 Å². The van der Waals surface area contributed by atoms with Gasteiger partial charge in [0.25, 0.3) is 5.91 Å². The van der Waals surface area contributed by atoms with E-state index in [1.165, 1.54) is 0 Å². The Morgan fingerprint density at radius 3 is 2.35 bits per heavy atom. The van der Waals surface area contributed by atoms with E-state index in [2.05, 4.69) is 10.6 Å². The molecule has 2 aliphatic rings. The number of para-hydroxylation sites is 1. The summed E-state index contributed by atoms with van der Waals surface area (Å²) in [5.41, 5.74) is 2.13. The van der Waals surface area contributed by atoms with Gasteiger partial charge in [-0.05, 0) is 41.5 Å². The van der Waals surface area contributed by atoms with E-state index in [0.29, 0.717) is 44.0 Å². The monoisotopic (exact) mass is 640 g/mol. The average molecular weight is 641 g/mol. The summed E-state index contributed by atoms with van der Waals surface area (Å²) in [6.07, 6.45) is 2.52. The van der Waals surface area contributed by atoms with E-state index >= 15 is 0 Å². The molecule has 0 aromatic heterocycles. The van der Waals surface area contributed by atoms with Gasteiger partial charge in [0.1, 0.15) is 18.5 Å². The number of amides is 2. The third-order valence-corrected chi connectivity index (χ3v) is 9.33. The maximum Gasteiger partial charge on any atom is 0.255 e. The lowest BCUT2D eigenvalue weighted by atomic mass is 9.79. The van der Waals surface area contributed by atoms with Gasteiger partial charge >= 0.3 is 0 Å². The number of carbonyl (C=O) groups is 2. The minimum Gasteiger partial charge on any atom is -0.490 e. The number of aliphatic hydroxyl groups is 3. The highest BCUT2D eigenvalue weighted by Crippen LogP contribution is 2.33. The molecule has 0 spiro atoms. The quantitative estimate of drug-likeness (QED) is 0.165. The van der Waals surface area contributed by atoms with E-state index in [1.54, 1.807) is 31.4 Å². The molecule has 0 radical (unpaired) electrons. The Bertz CT molecular complexity index is 1250. The van der Waals surface area contributed by atoms with Crippen LogP contribution in [0.3, 0.4) is 0 Å². The van der Waals surface area contributed by atoms with Crippen molar-refractivity contribution >= 4 is 11.8 Å². The fourth-order valence-corrected chi connectivity index (χ4v) is 6.85. The van der Waals surface area contributed by atoms with Gasteiger partial charge in [-0.3, -0.25) is 9.59 Å². The summed E-state index contributed by atoms with van der Waals surface area (Å²) >= 11 is 0. The molecule has 254 valence electrons. The molecule has 2 aromatic carbocycles. The number of hydrogen-bond acceptors (Lipinski definition) is 8. The normalized spacial score (nSPS) is 20.8. The minimum atomic E-state index is -1.46. The molecule has 4 rings (SSSR count). The predicted molar refractivity (Wildman–Crippen MR) is 174 cm³/mol. The molecule has 1 fully saturated rings. The van der Waals surface area contributed by atoms with Gasteiger partial charge < -0.3 is 40.2 Å². The Morgan fingerprint density at radius 1 is 0.913 bits per heavy atom. The number of hydrogen-bond donors (Lipinski definition) is 5. The molecular formula is C36H52N2O8. The molecule has 2 aromatic rings. The van der Waals surface area contributed by atoms with Gasteiger partial charge in [0, 0.05) is 13.5 Å². The molecular weight excluding hydrogens is 588 g/mol. The summed E-state index contributed by atoms with van der Waals surface area (Å²) < 4.78 is 16.3. The van der Waals surface area contributed by atoms with Crippen LogP contribution >= 0.6 is 0 Å². The lowest BCUT2D eigenvalue weighted by molar-refractivity contribution is -0.137. The van der Waals surface area contributed by atoms with Crippen LogP contribution in [0.4, 0.5) is 0 Å². The lowest BCUT2D eigenvalue weighted by Crippen LogP contribution is -2.55. The van der Waals surface area contributed by atoms with Gasteiger partial charge in [0.05, 0.1) is 55.6 Å². The number of benzene rings is 2. The zero-order valence-electron chi connectivity index (χ0n) is 27.4. The zero-order valence-corrected chi connectivity index (χ0v) is 27.4. The van der Waals surface area contributed by atoms with Crippen molar-refractivity contribution in [3.05, 3.63) is 65.2 Å². The molecule has 0 heterocycles. The second kappa shape index (κ2) is 17.8. The molecule has 0 saturated heterocycles. The largest absolute Gasteiger partial charge is 0.490 e. The Labute approximate surface area is 272 Å². The number of nitrogens with one attached hydrogen (secondary N) is 2. The molecule has 0 aliphatic heterocycles. The van der Waals surface area contributed by atoms with Crippen LogP contribution in [0.15, 0.2) is 48.5 Å². The molecule has 10 nitrogen and oxygen atoms in total. The number of methoxy groups -OCH3 is 1. The van der Waals surface area contributed by atoms with Crippen molar-refractivity contribution in [1.29, 1.82) is 0 Å². The fraction of sp³-hybridized carbons (Fsp3) is 0.611. The molecule has 2 aliphatic carbocycles. The molecule has 2 amide bonds. The molecule has 0 bridgehead atoms. The summed E-state index contributed by atoms with van der Waals surface area (Å²) in [5, 5.41) is 40.0. The van der Waals surface area contributed by atoms with Crippen LogP contribution in [0.2, 0.25) is 0 Å². The Balaban J connectivity index is 1.49. The summed E-state index contributed by atoms with van der Waals surface area (Å²) in [6.45, 7) is 5.13. The number of carbonyl (C=O) groups excluding carboxylic acids is 2. The number of ether oxygens (including phenoxy) is 3. The summed E-state index contributed by atoms with van der Waals surface area (Å²) in [7, 11) is 1.60. The van der Waals surface area contributed by atoms with Crippen LogP contribution in [0.5, 0.6) is 5.75 Å². The van der Waals surface area contributed by atoms with E-state index in [9.17, 15) is 24.9 Å². The highest BCUT2D eigenvalue weighted by atomic mass is 16.5. The predicted octanol–water partition coefficient (Wildman–Crippen LogP) is 3.57. The summed E-state index contributed by atoms with van der Waals surface area (Å²) in [6, 6.07) is 13.1. The third-order valence-electron chi connectivity index (χ3n) is 9.33. The second-order valence-corrected chi connectivity index (χ2v) is 13.0. The van der Waals surface area contributed by atoms with Gasteiger partial charge in [-0.25, -0.2) is 0 Å². The first-order valence-electron chi connectivity index (χ1n) is 16.7. The second-order valence-electron chi connectivity index (χ2n) is 13.0. The van der Waals surface area contributed by atoms with Crippen LogP contribution in [0, 0.1) is 17.8 Å². The Kier molecular flexibility index (Phi) is 13.8. The van der Waals surface area contributed by atoms with E-state index in [1.807, 2.05) is 38.1 Å². The van der Waals surface area contributed by atoms with Crippen molar-refractivity contribution in [3.8, 4) is 5.75 Å².